The lowest BCUT2D eigenvalue weighted by molar-refractivity contribution is 0.281. The second-order valence-electron chi connectivity index (χ2n) is 2.56. The van der Waals surface area contributed by atoms with Crippen LogP contribution in [0.15, 0.2) is 17.3 Å². The Morgan fingerprint density at radius 1 is 1.58 bits per heavy atom. The number of aryl methyl sites for hydroxylation is 1. The Kier molecular flexibility index (Phi) is 3.56. The van der Waals surface area contributed by atoms with Crippen molar-refractivity contribution in [1.29, 1.82) is 0 Å². The van der Waals surface area contributed by atoms with Gasteiger partial charge in [-0.1, -0.05) is 6.92 Å². The van der Waals surface area contributed by atoms with Crippen molar-refractivity contribution in [3.63, 3.8) is 0 Å². The smallest absolute Gasteiger partial charge is 0.0989 e. The summed E-state index contributed by atoms with van der Waals surface area (Å²) in [7, 11) is 0. The first-order chi connectivity index (χ1) is 5.77. The van der Waals surface area contributed by atoms with E-state index in [4.69, 9.17) is 5.11 Å². The van der Waals surface area contributed by atoms with Gasteiger partial charge in [-0.05, 0) is 29.9 Å². The lowest BCUT2D eigenvalue weighted by Gasteiger charge is -2.03. The van der Waals surface area contributed by atoms with Crippen molar-refractivity contribution in [2.75, 3.05) is 5.75 Å². The SMILES string of the molecule is CCSc1ncc(CO)cc1C. The molecule has 0 amide bonds. The molecule has 12 heavy (non-hydrogen) atoms. The molecule has 3 heteroatoms. The molecule has 0 spiro atoms. The number of aliphatic hydroxyl groups excluding tert-OH is 1. The Morgan fingerprint density at radius 3 is 2.83 bits per heavy atom. The molecule has 0 saturated carbocycles. The van der Waals surface area contributed by atoms with Crippen LogP contribution >= 0.6 is 11.8 Å². The van der Waals surface area contributed by atoms with Gasteiger partial charge in [0.05, 0.1) is 11.6 Å². The molecule has 1 N–H and O–H groups in total. The van der Waals surface area contributed by atoms with E-state index in [-0.39, 0.29) is 6.61 Å². The lowest BCUT2D eigenvalue weighted by Crippen LogP contribution is -1.90. The highest BCUT2D eigenvalue weighted by Crippen LogP contribution is 2.19. The average molecular weight is 183 g/mol. The van der Waals surface area contributed by atoms with E-state index in [0.29, 0.717) is 0 Å². The van der Waals surface area contributed by atoms with Crippen LogP contribution in [0, 0.1) is 6.92 Å². The topological polar surface area (TPSA) is 33.1 Å². The van der Waals surface area contributed by atoms with Crippen LogP contribution in [0.2, 0.25) is 0 Å². The first-order valence-electron chi connectivity index (χ1n) is 3.97. The number of nitrogens with zero attached hydrogens (tertiary/aromatic N) is 1. The van der Waals surface area contributed by atoms with Crippen LogP contribution in [0.1, 0.15) is 18.1 Å². The van der Waals surface area contributed by atoms with Gasteiger partial charge in [0.25, 0.3) is 0 Å². The Labute approximate surface area is 77.0 Å². The van der Waals surface area contributed by atoms with E-state index in [1.807, 2.05) is 13.0 Å². The molecule has 0 fully saturated rings. The van der Waals surface area contributed by atoms with Crippen molar-refractivity contribution in [2.45, 2.75) is 25.5 Å². The molecule has 0 saturated heterocycles. The largest absolute Gasteiger partial charge is 0.392 e. The number of hydrogen-bond acceptors (Lipinski definition) is 3. The van der Waals surface area contributed by atoms with Gasteiger partial charge in [-0.15, -0.1) is 11.8 Å². The van der Waals surface area contributed by atoms with E-state index in [1.165, 1.54) is 0 Å². The fourth-order valence-corrected chi connectivity index (χ4v) is 1.68. The molecule has 0 aromatic carbocycles. The van der Waals surface area contributed by atoms with E-state index in [1.54, 1.807) is 18.0 Å². The number of pyridine rings is 1. The molecule has 2 nitrogen and oxygen atoms in total. The molecular formula is C9H13NOS. The van der Waals surface area contributed by atoms with Gasteiger partial charge in [0.2, 0.25) is 0 Å². The number of aromatic nitrogens is 1. The first kappa shape index (κ1) is 9.55. The van der Waals surface area contributed by atoms with Gasteiger partial charge in [-0.25, -0.2) is 4.98 Å². The van der Waals surface area contributed by atoms with Gasteiger partial charge in [0.1, 0.15) is 0 Å². The second kappa shape index (κ2) is 4.48. The van der Waals surface area contributed by atoms with E-state index >= 15 is 0 Å². The molecule has 0 aliphatic heterocycles. The normalized spacial score (nSPS) is 10.2. The number of thioether (sulfide) groups is 1. The molecule has 0 bridgehead atoms. The summed E-state index contributed by atoms with van der Waals surface area (Å²) in [6.07, 6.45) is 1.73. The van der Waals surface area contributed by atoms with Crippen molar-refractivity contribution in [3.05, 3.63) is 23.4 Å². The number of aliphatic hydroxyl groups is 1. The molecule has 0 atom stereocenters. The van der Waals surface area contributed by atoms with Crippen LogP contribution in [0.25, 0.3) is 0 Å². The van der Waals surface area contributed by atoms with Gasteiger partial charge in [0.15, 0.2) is 0 Å². The summed E-state index contributed by atoms with van der Waals surface area (Å²) >= 11 is 1.73. The highest BCUT2D eigenvalue weighted by Gasteiger charge is 2.00. The van der Waals surface area contributed by atoms with Gasteiger partial charge >= 0.3 is 0 Å². The quantitative estimate of drug-likeness (QED) is 0.727. The maximum atomic E-state index is 8.84. The molecular weight excluding hydrogens is 170 g/mol. The van der Waals surface area contributed by atoms with Crippen LogP contribution in [0.4, 0.5) is 0 Å². The maximum absolute atomic E-state index is 8.84. The van der Waals surface area contributed by atoms with E-state index in [0.717, 1.165) is 21.9 Å². The summed E-state index contributed by atoms with van der Waals surface area (Å²) in [5.41, 5.74) is 2.03. The van der Waals surface area contributed by atoms with Crippen LogP contribution in [0.5, 0.6) is 0 Å². The minimum Gasteiger partial charge on any atom is -0.392 e. The molecule has 1 aromatic rings. The minimum absolute atomic E-state index is 0.0743. The molecule has 1 aromatic heterocycles. The zero-order valence-corrected chi connectivity index (χ0v) is 8.19. The summed E-state index contributed by atoms with van der Waals surface area (Å²) in [6.45, 7) is 4.20. The van der Waals surface area contributed by atoms with Crippen molar-refractivity contribution in [1.82, 2.24) is 4.98 Å². The van der Waals surface area contributed by atoms with E-state index < -0.39 is 0 Å². The monoisotopic (exact) mass is 183 g/mol. The van der Waals surface area contributed by atoms with Gasteiger partial charge < -0.3 is 5.11 Å². The highest BCUT2D eigenvalue weighted by atomic mass is 32.2. The Morgan fingerprint density at radius 2 is 2.33 bits per heavy atom. The molecule has 0 aliphatic rings. The molecule has 1 heterocycles. The fraction of sp³-hybridized carbons (Fsp3) is 0.444. The minimum atomic E-state index is 0.0743. The highest BCUT2D eigenvalue weighted by molar-refractivity contribution is 7.99. The zero-order valence-electron chi connectivity index (χ0n) is 7.37. The average Bonchev–Trinajstić information content (AvgIpc) is 2.09. The Balaban J connectivity index is 2.87. The Hall–Kier alpha value is -0.540. The van der Waals surface area contributed by atoms with Crippen LogP contribution in [-0.2, 0) is 6.61 Å². The molecule has 66 valence electrons. The summed E-state index contributed by atoms with van der Waals surface area (Å²) in [4.78, 5) is 4.24. The third-order valence-corrected chi connectivity index (χ3v) is 2.54. The first-order valence-corrected chi connectivity index (χ1v) is 4.95. The predicted molar refractivity (Wildman–Crippen MR) is 51.3 cm³/mol. The summed E-state index contributed by atoms with van der Waals surface area (Å²) in [5.74, 6) is 1.03. The molecule has 0 unspecified atom stereocenters. The molecule has 1 rings (SSSR count). The Bertz CT molecular complexity index is 263. The van der Waals surface area contributed by atoms with Crippen LogP contribution < -0.4 is 0 Å². The van der Waals surface area contributed by atoms with Crippen molar-refractivity contribution >= 4 is 11.8 Å². The van der Waals surface area contributed by atoms with Gasteiger partial charge in [-0.2, -0.15) is 0 Å². The van der Waals surface area contributed by atoms with Gasteiger partial charge in [0, 0.05) is 6.20 Å². The summed E-state index contributed by atoms with van der Waals surface area (Å²) in [6, 6.07) is 1.98. The van der Waals surface area contributed by atoms with Crippen molar-refractivity contribution in [2.24, 2.45) is 0 Å². The fourth-order valence-electron chi connectivity index (χ4n) is 0.995. The third kappa shape index (κ3) is 2.22. The van der Waals surface area contributed by atoms with Crippen molar-refractivity contribution < 1.29 is 5.11 Å². The number of rotatable bonds is 3. The standard InChI is InChI=1S/C9H13NOS/c1-3-12-9-7(2)4-8(6-11)5-10-9/h4-5,11H,3,6H2,1-2H3. The summed E-state index contributed by atoms with van der Waals surface area (Å²) in [5, 5.41) is 9.90. The van der Waals surface area contributed by atoms with E-state index in [2.05, 4.69) is 11.9 Å². The predicted octanol–water partition coefficient (Wildman–Crippen LogP) is 1.99. The molecule has 0 radical (unpaired) electrons. The maximum Gasteiger partial charge on any atom is 0.0989 e. The lowest BCUT2D eigenvalue weighted by atomic mass is 10.2. The second-order valence-corrected chi connectivity index (χ2v) is 3.81. The number of hydrogen-bond donors (Lipinski definition) is 1. The van der Waals surface area contributed by atoms with Crippen LogP contribution in [0.3, 0.4) is 0 Å². The third-order valence-electron chi connectivity index (χ3n) is 1.55. The van der Waals surface area contributed by atoms with Crippen molar-refractivity contribution in [3.8, 4) is 0 Å². The van der Waals surface area contributed by atoms with E-state index in [9.17, 15) is 0 Å². The zero-order chi connectivity index (χ0) is 8.97. The van der Waals surface area contributed by atoms with Gasteiger partial charge in [-0.3, -0.25) is 0 Å². The summed E-state index contributed by atoms with van der Waals surface area (Å²) < 4.78 is 0. The molecule has 0 aliphatic carbocycles. The van der Waals surface area contributed by atoms with Crippen LogP contribution in [-0.4, -0.2) is 15.8 Å².